The summed E-state index contributed by atoms with van der Waals surface area (Å²) in [6.45, 7) is 5.04. The molecule has 3 rings (SSSR count). The number of non-ortho nitro benzene ring substituents is 1. The van der Waals surface area contributed by atoms with Crippen LogP contribution in [0.3, 0.4) is 0 Å². The lowest BCUT2D eigenvalue weighted by molar-refractivity contribution is -0.384. The molecule has 10 heteroatoms. The highest BCUT2D eigenvalue weighted by molar-refractivity contribution is 7.99. The fraction of sp³-hybridized carbons (Fsp3) is 0.250. The number of nitro benzene ring substituents is 1. The molecule has 3 aromatic rings. The van der Waals surface area contributed by atoms with Gasteiger partial charge < -0.3 is 14.6 Å². The van der Waals surface area contributed by atoms with Gasteiger partial charge in [-0.2, -0.15) is 0 Å². The lowest BCUT2D eigenvalue weighted by atomic mass is 10.2. The summed E-state index contributed by atoms with van der Waals surface area (Å²) in [6.07, 6.45) is 0. The van der Waals surface area contributed by atoms with Crippen molar-refractivity contribution in [3.8, 4) is 17.1 Å². The number of nitrogens with one attached hydrogen (secondary N) is 1. The van der Waals surface area contributed by atoms with E-state index in [-0.39, 0.29) is 17.3 Å². The fourth-order valence-electron chi connectivity index (χ4n) is 2.75. The van der Waals surface area contributed by atoms with Gasteiger partial charge in [0.15, 0.2) is 11.0 Å². The molecule has 1 aromatic heterocycles. The first-order chi connectivity index (χ1) is 14.5. The second-order valence-electron chi connectivity index (χ2n) is 6.15. The number of thioether (sulfide) groups is 1. The Balaban J connectivity index is 1.64. The van der Waals surface area contributed by atoms with Crippen molar-refractivity contribution in [3.63, 3.8) is 0 Å². The lowest BCUT2D eigenvalue weighted by Gasteiger charge is -2.08. The summed E-state index contributed by atoms with van der Waals surface area (Å²) < 4.78 is 7.26. The molecule has 1 heterocycles. The first kappa shape index (κ1) is 21.3. The number of benzene rings is 2. The molecule has 1 amide bonds. The summed E-state index contributed by atoms with van der Waals surface area (Å²) in [5.41, 5.74) is 1.43. The molecule has 0 unspecified atom stereocenters. The molecule has 0 aliphatic carbocycles. The number of rotatable bonds is 9. The van der Waals surface area contributed by atoms with E-state index >= 15 is 0 Å². The predicted octanol–water partition coefficient (Wildman–Crippen LogP) is 4.00. The number of hydrogen-bond donors (Lipinski definition) is 1. The summed E-state index contributed by atoms with van der Waals surface area (Å²) in [4.78, 5) is 22.7. The summed E-state index contributed by atoms with van der Waals surface area (Å²) in [5.74, 6) is 1.36. The number of nitrogens with zero attached hydrogens (tertiary/aromatic N) is 4. The first-order valence-corrected chi connectivity index (χ1v) is 10.3. The predicted molar refractivity (Wildman–Crippen MR) is 115 cm³/mol. The number of carbonyl (C=O) groups is 1. The Hall–Kier alpha value is -3.40. The SMILES string of the molecule is CCOc1ccc(NC(=O)CSc2nnc(-c3ccc([N+](=O)[O-])cc3)n2CC)cc1. The van der Waals surface area contributed by atoms with Crippen LogP contribution in [0.15, 0.2) is 53.7 Å². The van der Waals surface area contributed by atoms with Crippen molar-refractivity contribution < 1.29 is 14.5 Å². The molecular weight excluding hydrogens is 406 g/mol. The molecule has 0 atom stereocenters. The average Bonchev–Trinajstić information content (AvgIpc) is 3.17. The number of amides is 1. The van der Waals surface area contributed by atoms with Gasteiger partial charge in [0.05, 0.1) is 17.3 Å². The molecule has 30 heavy (non-hydrogen) atoms. The van der Waals surface area contributed by atoms with Gasteiger partial charge in [-0.05, 0) is 50.2 Å². The normalized spacial score (nSPS) is 10.6. The van der Waals surface area contributed by atoms with E-state index in [4.69, 9.17) is 4.74 Å². The molecule has 0 spiro atoms. The number of nitro groups is 1. The maximum absolute atomic E-state index is 12.3. The van der Waals surface area contributed by atoms with E-state index in [1.807, 2.05) is 18.4 Å². The Morgan fingerprint density at radius 2 is 1.83 bits per heavy atom. The van der Waals surface area contributed by atoms with Crippen molar-refractivity contribution in [1.29, 1.82) is 0 Å². The summed E-state index contributed by atoms with van der Waals surface area (Å²) >= 11 is 1.28. The molecule has 0 radical (unpaired) electrons. The Labute approximate surface area is 177 Å². The molecule has 2 aromatic carbocycles. The first-order valence-electron chi connectivity index (χ1n) is 9.35. The Morgan fingerprint density at radius 3 is 2.43 bits per heavy atom. The lowest BCUT2D eigenvalue weighted by Crippen LogP contribution is -2.14. The molecule has 0 saturated carbocycles. The van der Waals surface area contributed by atoms with E-state index in [1.165, 1.54) is 23.9 Å². The van der Waals surface area contributed by atoms with Gasteiger partial charge in [-0.3, -0.25) is 14.9 Å². The average molecular weight is 427 g/mol. The zero-order valence-corrected chi connectivity index (χ0v) is 17.4. The van der Waals surface area contributed by atoms with E-state index in [0.717, 1.165) is 11.3 Å². The monoisotopic (exact) mass is 427 g/mol. The van der Waals surface area contributed by atoms with Crippen LogP contribution in [0.25, 0.3) is 11.4 Å². The van der Waals surface area contributed by atoms with Crippen molar-refractivity contribution in [2.75, 3.05) is 17.7 Å². The summed E-state index contributed by atoms with van der Waals surface area (Å²) in [7, 11) is 0. The second kappa shape index (κ2) is 9.88. The number of hydrogen-bond acceptors (Lipinski definition) is 7. The van der Waals surface area contributed by atoms with Gasteiger partial charge in [-0.1, -0.05) is 11.8 Å². The largest absolute Gasteiger partial charge is 0.494 e. The third-order valence-corrected chi connectivity index (χ3v) is 5.12. The molecular formula is C20H21N5O4S. The molecule has 0 bridgehead atoms. The van der Waals surface area contributed by atoms with Crippen molar-refractivity contribution in [2.24, 2.45) is 0 Å². The quantitative estimate of drug-likeness (QED) is 0.312. The number of aromatic nitrogens is 3. The fourth-order valence-corrected chi connectivity index (χ4v) is 3.56. The topological polar surface area (TPSA) is 112 Å². The number of ether oxygens (including phenoxy) is 1. The summed E-state index contributed by atoms with van der Waals surface area (Å²) in [6, 6.07) is 13.3. The maximum Gasteiger partial charge on any atom is 0.269 e. The van der Waals surface area contributed by atoms with Gasteiger partial charge in [-0.15, -0.1) is 10.2 Å². The van der Waals surface area contributed by atoms with Crippen molar-refractivity contribution >= 4 is 29.0 Å². The standard InChI is InChI=1S/C20H21N5O4S/c1-3-24-19(14-5-9-16(10-6-14)25(27)28)22-23-20(24)30-13-18(26)21-15-7-11-17(12-8-15)29-4-2/h5-12H,3-4,13H2,1-2H3,(H,21,26). The zero-order valence-electron chi connectivity index (χ0n) is 16.6. The van der Waals surface area contributed by atoms with Crippen molar-refractivity contribution in [2.45, 2.75) is 25.5 Å². The maximum atomic E-state index is 12.3. The van der Waals surface area contributed by atoms with E-state index in [9.17, 15) is 14.9 Å². The van der Waals surface area contributed by atoms with Crippen molar-refractivity contribution in [3.05, 3.63) is 58.6 Å². The highest BCUT2D eigenvalue weighted by Crippen LogP contribution is 2.26. The van der Waals surface area contributed by atoms with Crippen LogP contribution in [0.4, 0.5) is 11.4 Å². The van der Waals surface area contributed by atoms with Gasteiger partial charge in [-0.25, -0.2) is 0 Å². The Morgan fingerprint density at radius 1 is 1.13 bits per heavy atom. The highest BCUT2D eigenvalue weighted by atomic mass is 32.2. The van der Waals surface area contributed by atoms with E-state index in [2.05, 4.69) is 15.5 Å². The molecule has 156 valence electrons. The number of carbonyl (C=O) groups excluding carboxylic acids is 1. The van der Waals surface area contributed by atoms with Crippen LogP contribution in [-0.4, -0.2) is 38.0 Å². The van der Waals surface area contributed by atoms with Gasteiger partial charge >= 0.3 is 0 Å². The van der Waals surface area contributed by atoms with Crippen LogP contribution < -0.4 is 10.1 Å². The summed E-state index contributed by atoms with van der Waals surface area (Å²) in [5, 5.41) is 22.6. The third kappa shape index (κ3) is 5.15. The Bertz CT molecular complexity index is 1020. The minimum absolute atomic E-state index is 0.0156. The molecule has 0 fully saturated rings. The van der Waals surface area contributed by atoms with Crippen LogP contribution in [0.1, 0.15) is 13.8 Å². The molecule has 0 aliphatic heterocycles. The molecule has 1 N–H and O–H groups in total. The van der Waals surface area contributed by atoms with Crippen molar-refractivity contribution in [1.82, 2.24) is 14.8 Å². The molecule has 0 saturated heterocycles. The Kier molecular flexibility index (Phi) is 7.02. The van der Waals surface area contributed by atoms with Crippen LogP contribution in [-0.2, 0) is 11.3 Å². The van der Waals surface area contributed by atoms with Gasteiger partial charge in [0.1, 0.15) is 5.75 Å². The molecule has 9 nitrogen and oxygen atoms in total. The minimum Gasteiger partial charge on any atom is -0.494 e. The third-order valence-electron chi connectivity index (χ3n) is 4.15. The number of anilines is 1. The van der Waals surface area contributed by atoms with E-state index < -0.39 is 4.92 Å². The smallest absolute Gasteiger partial charge is 0.269 e. The minimum atomic E-state index is -0.446. The van der Waals surface area contributed by atoms with Gasteiger partial charge in [0.25, 0.3) is 5.69 Å². The zero-order chi connectivity index (χ0) is 21.5. The van der Waals surface area contributed by atoms with Crippen LogP contribution in [0.2, 0.25) is 0 Å². The van der Waals surface area contributed by atoms with Crippen LogP contribution in [0, 0.1) is 10.1 Å². The van der Waals surface area contributed by atoms with Crippen LogP contribution in [0.5, 0.6) is 5.75 Å². The van der Waals surface area contributed by atoms with Gasteiger partial charge in [0, 0.05) is 29.9 Å². The highest BCUT2D eigenvalue weighted by Gasteiger charge is 2.16. The van der Waals surface area contributed by atoms with E-state index in [0.29, 0.717) is 29.8 Å². The second-order valence-corrected chi connectivity index (χ2v) is 7.09. The van der Waals surface area contributed by atoms with Crippen LogP contribution >= 0.6 is 11.8 Å². The van der Waals surface area contributed by atoms with E-state index in [1.54, 1.807) is 36.4 Å². The van der Waals surface area contributed by atoms with Gasteiger partial charge in [0.2, 0.25) is 5.91 Å². The molecule has 0 aliphatic rings.